The summed E-state index contributed by atoms with van der Waals surface area (Å²) in [6.45, 7) is 6.39. The van der Waals surface area contributed by atoms with Crippen molar-refractivity contribution in [1.82, 2.24) is 15.6 Å². The Morgan fingerprint density at radius 1 is 1.29 bits per heavy atom. The lowest BCUT2D eigenvalue weighted by Crippen LogP contribution is -2.37. The zero-order chi connectivity index (χ0) is 17.2. The van der Waals surface area contributed by atoms with Crippen molar-refractivity contribution in [2.45, 2.75) is 32.9 Å². The lowest BCUT2D eigenvalue weighted by Gasteiger charge is -2.14. The summed E-state index contributed by atoms with van der Waals surface area (Å²) >= 11 is 1.66. The zero-order valence-corrected chi connectivity index (χ0v) is 15.4. The molecule has 0 amide bonds. The van der Waals surface area contributed by atoms with Crippen molar-refractivity contribution in [3.05, 3.63) is 52.0 Å². The van der Waals surface area contributed by atoms with Gasteiger partial charge in [0.15, 0.2) is 5.96 Å². The number of guanidine groups is 1. The van der Waals surface area contributed by atoms with Gasteiger partial charge >= 0.3 is 0 Å². The van der Waals surface area contributed by atoms with E-state index in [2.05, 4.69) is 39.7 Å². The maximum absolute atomic E-state index is 5.87. The molecule has 1 atom stereocenters. The van der Waals surface area contributed by atoms with E-state index in [1.54, 1.807) is 18.4 Å². The van der Waals surface area contributed by atoms with E-state index >= 15 is 0 Å². The molecule has 130 valence electrons. The highest BCUT2D eigenvalue weighted by molar-refractivity contribution is 7.09. The Morgan fingerprint density at radius 2 is 2.08 bits per heavy atom. The summed E-state index contributed by atoms with van der Waals surface area (Å²) in [5.74, 6) is 0.805. The van der Waals surface area contributed by atoms with Gasteiger partial charge in [-0.1, -0.05) is 30.3 Å². The van der Waals surface area contributed by atoms with E-state index in [4.69, 9.17) is 4.74 Å². The Kier molecular flexibility index (Phi) is 7.71. The largest absolute Gasteiger partial charge is 0.374 e. The molecule has 0 fully saturated rings. The number of nitrogens with one attached hydrogen (secondary N) is 2. The minimum atomic E-state index is 0.123. The molecule has 0 aliphatic heterocycles. The molecule has 2 N–H and O–H groups in total. The summed E-state index contributed by atoms with van der Waals surface area (Å²) in [4.78, 5) is 9.72. The third-order valence-corrected chi connectivity index (χ3v) is 4.67. The molecule has 6 heteroatoms. The monoisotopic (exact) mass is 346 g/mol. The molecule has 0 aliphatic rings. The highest BCUT2D eigenvalue weighted by Crippen LogP contribution is 2.15. The van der Waals surface area contributed by atoms with Gasteiger partial charge in [-0.05, 0) is 25.8 Å². The van der Waals surface area contributed by atoms with E-state index < -0.39 is 0 Å². The molecule has 2 aromatic rings. The molecule has 2 rings (SSSR count). The van der Waals surface area contributed by atoms with Crippen LogP contribution in [0, 0.1) is 6.92 Å². The van der Waals surface area contributed by atoms with Crippen LogP contribution in [0.25, 0.3) is 0 Å². The lowest BCUT2D eigenvalue weighted by molar-refractivity contribution is 0.0646. The van der Waals surface area contributed by atoms with Gasteiger partial charge in [-0.15, -0.1) is 11.3 Å². The van der Waals surface area contributed by atoms with Crippen LogP contribution in [-0.4, -0.2) is 31.1 Å². The summed E-state index contributed by atoms with van der Waals surface area (Å²) in [7, 11) is 1.78. The van der Waals surface area contributed by atoms with E-state index in [1.165, 1.54) is 10.4 Å². The Labute approximate surface area is 148 Å². The second-order valence-corrected chi connectivity index (χ2v) is 6.43. The average molecular weight is 347 g/mol. The summed E-state index contributed by atoms with van der Waals surface area (Å²) in [5, 5.41) is 6.61. The summed E-state index contributed by atoms with van der Waals surface area (Å²) in [5.41, 5.74) is 4.16. The fraction of sp³-hybridized carbons (Fsp3) is 0.444. The first-order valence-electron chi connectivity index (χ1n) is 8.20. The normalized spacial score (nSPS) is 12.9. The number of nitrogens with zero attached hydrogens (tertiary/aromatic N) is 2. The van der Waals surface area contributed by atoms with Gasteiger partial charge < -0.3 is 15.4 Å². The highest BCUT2D eigenvalue weighted by Gasteiger charge is 2.05. The van der Waals surface area contributed by atoms with Crippen LogP contribution in [0.15, 0.2) is 40.8 Å². The molecule has 1 aromatic heterocycles. The maximum Gasteiger partial charge on any atom is 0.191 e. The van der Waals surface area contributed by atoms with Crippen LogP contribution in [-0.2, 0) is 11.3 Å². The number of rotatable bonds is 8. The van der Waals surface area contributed by atoms with Gasteiger partial charge in [0, 0.05) is 25.1 Å². The number of aliphatic imine (C=N–C) groups is 1. The molecule has 5 nitrogen and oxygen atoms in total. The lowest BCUT2D eigenvalue weighted by atomic mass is 10.1. The standard InChI is InChI=1S/C18H26N4OS/c1-14-17(24-13-22-14)12-21-18(19-3)20-10-7-11-23-15(2)16-8-5-4-6-9-16/h4-6,8-9,13,15H,7,10-12H2,1-3H3,(H2,19,20,21). The number of hydrogen-bond acceptors (Lipinski definition) is 4. The second-order valence-electron chi connectivity index (χ2n) is 5.49. The smallest absolute Gasteiger partial charge is 0.191 e. The molecule has 0 bridgehead atoms. The Bertz CT molecular complexity index is 627. The molecule has 1 unspecified atom stereocenters. The molecule has 1 aromatic carbocycles. The first-order valence-corrected chi connectivity index (χ1v) is 9.08. The van der Waals surface area contributed by atoms with Crippen LogP contribution in [0.2, 0.25) is 0 Å². The molecule has 0 saturated heterocycles. The average Bonchev–Trinajstić information content (AvgIpc) is 3.03. The number of aromatic nitrogens is 1. The molecular formula is C18H26N4OS. The number of thiazole rings is 1. The predicted molar refractivity (Wildman–Crippen MR) is 100 cm³/mol. The minimum absolute atomic E-state index is 0.123. The Balaban J connectivity index is 1.61. The second kappa shape index (κ2) is 10.1. The van der Waals surface area contributed by atoms with Gasteiger partial charge in [0.05, 0.1) is 23.9 Å². The fourth-order valence-corrected chi connectivity index (χ4v) is 2.96. The van der Waals surface area contributed by atoms with Crippen molar-refractivity contribution in [1.29, 1.82) is 0 Å². The SMILES string of the molecule is CN=C(NCCCOC(C)c1ccccc1)NCc1scnc1C. The maximum atomic E-state index is 5.87. The quantitative estimate of drug-likeness (QED) is 0.437. The molecule has 0 spiro atoms. The van der Waals surface area contributed by atoms with Gasteiger partial charge in [-0.3, -0.25) is 4.99 Å². The number of hydrogen-bond donors (Lipinski definition) is 2. The number of ether oxygens (including phenoxy) is 1. The van der Waals surface area contributed by atoms with Crippen LogP contribution < -0.4 is 10.6 Å². The molecule has 0 radical (unpaired) electrons. The number of benzene rings is 1. The first kappa shape index (κ1) is 18.4. The summed E-state index contributed by atoms with van der Waals surface area (Å²) < 4.78 is 5.87. The van der Waals surface area contributed by atoms with E-state index in [0.717, 1.165) is 31.2 Å². The topological polar surface area (TPSA) is 58.5 Å². The third kappa shape index (κ3) is 5.94. The van der Waals surface area contributed by atoms with Crippen LogP contribution in [0.4, 0.5) is 0 Å². The van der Waals surface area contributed by atoms with Gasteiger partial charge in [0.2, 0.25) is 0 Å². The van der Waals surface area contributed by atoms with Gasteiger partial charge in [0.25, 0.3) is 0 Å². The van der Waals surface area contributed by atoms with Crippen LogP contribution in [0.5, 0.6) is 0 Å². The zero-order valence-electron chi connectivity index (χ0n) is 14.6. The van der Waals surface area contributed by atoms with Crippen LogP contribution in [0.1, 0.15) is 35.6 Å². The predicted octanol–water partition coefficient (Wildman–Crippen LogP) is 3.28. The van der Waals surface area contributed by atoms with Crippen LogP contribution in [0.3, 0.4) is 0 Å². The van der Waals surface area contributed by atoms with E-state index in [0.29, 0.717) is 6.61 Å². The van der Waals surface area contributed by atoms with Crippen molar-refractivity contribution >= 4 is 17.3 Å². The number of aryl methyl sites for hydroxylation is 1. The minimum Gasteiger partial charge on any atom is -0.374 e. The van der Waals surface area contributed by atoms with Gasteiger partial charge in [0.1, 0.15) is 0 Å². The Hall–Kier alpha value is -1.92. The summed E-state index contributed by atoms with van der Waals surface area (Å²) in [6, 6.07) is 10.3. The summed E-state index contributed by atoms with van der Waals surface area (Å²) in [6.07, 6.45) is 1.05. The third-order valence-electron chi connectivity index (χ3n) is 3.74. The van der Waals surface area contributed by atoms with Crippen LogP contribution >= 0.6 is 11.3 Å². The first-order chi connectivity index (χ1) is 11.7. The van der Waals surface area contributed by atoms with E-state index in [1.807, 2.05) is 30.6 Å². The van der Waals surface area contributed by atoms with E-state index in [9.17, 15) is 0 Å². The van der Waals surface area contributed by atoms with Gasteiger partial charge in [-0.2, -0.15) is 0 Å². The van der Waals surface area contributed by atoms with Crippen molar-refractivity contribution in [3.8, 4) is 0 Å². The highest BCUT2D eigenvalue weighted by atomic mass is 32.1. The van der Waals surface area contributed by atoms with Crippen molar-refractivity contribution in [2.75, 3.05) is 20.2 Å². The molecule has 0 aliphatic carbocycles. The van der Waals surface area contributed by atoms with E-state index in [-0.39, 0.29) is 6.10 Å². The molecular weight excluding hydrogens is 320 g/mol. The van der Waals surface area contributed by atoms with Gasteiger partial charge in [-0.25, -0.2) is 4.98 Å². The van der Waals surface area contributed by atoms with Crippen molar-refractivity contribution in [2.24, 2.45) is 4.99 Å². The fourth-order valence-electron chi connectivity index (χ4n) is 2.24. The van der Waals surface area contributed by atoms with Crippen molar-refractivity contribution < 1.29 is 4.74 Å². The van der Waals surface area contributed by atoms with Crippen molar-refractivity contribution in [3.63, 3.8) is 0 Å². The molecule has 0 saturated carbocycles. The molecule has 24 heavy (non-hydrogen) atoms. The Morgan fingerprint density at radius 3 is 2.75 bits per heavy atom. The molecule has 1 heterocycles.